The van der Waals surface area contributed by atoms with E-state index in [4.69, 9.17) is 18.9 Å². The van der Waals surface area contributed by atoms with Gasteiger partial charge in [-0.25, -0.2) is 0 Å². The molecule has 0 saturated heterocycles. The summed E-state index contributed by atoms with van der Waals surface area (Å²) in [4.78, 5) is 12.9. The van der Waals surface area contributed by atoms with Crippen molar-refractivity contribution in [2.75, 3.05) is 27.9 Å². The Bertz CT molecular complexity index is 739. The zero-order valence-electron chi connectivity index (χ0n) is 17.0. The predicted octanol–water partition coefficient (Wildman–Crippen LogP) is 4.17. The second-order valence-corrected chi connectivity index (χ2v) is 7.58. The molecular weight excluding hydrogens is 382 g/mol. The number of methoxy groups -OCH3 is 3. The SMILES string of the molecule is CCCCCCOc1ccc(PC(=O)c2c(OC)cc(OC)cc2OC)cc1.[LiH]. The minimum absolute atomic E-state index is 0. The minimum atomic E-state index is -0.0513. The molecule has 2 rings (SSSR count). The molecule has 0 fully saturated rings. The molecule has 29 heavy (non-hydrogen) atoms. The van der Waals surface area contributed by atoms with Gasteiger partial charge in [0.25, 0.3) is 0 Å². The molecule has 0 heterocycles. The van der Waals surface area contributed by atoms with Crippen LogP contribution in [0.5, 0.6) is 23.0 Å². The first-order chi connectivity index (χ1) is 13.6. The molecule has 1 unspecified atom stereocenters. The third-order valence-electron chi connectivity index (χ3n) is 4.32. The average molecular weight is 412 g/mol. The summed E-state index contributed by atoms with van der Waals surface area (Å²) in [5, 5.41) is 0.934. The first kappa shape index (κ1) is 25.4. The molecule has 0 bridgehead atoms. The Morgan fingerprint density at radius 2 is 1.48 bits per heavy atom. The van der Waals surface area contributed by atoms with E-state index in [1.54, 1.807) is 19.2 Å². The fourth-order valence-electron chi connectivity index (χ4n) is 2.78. The summed E-state index contributed by atoms with van der Waals surface area (Å²) in [5.41, 5.74) is 0.380. The molecule has 0 amide bonds. The quantitative estimate of drug-likeness (QED) is 0.298. The number of unbranched alkanes of at least 4 members (excludes halogenated alkanes) is 3. The van der Waals surface area contributed by atoms with Crippen LogP contribution in [0, 0.1) is 0 Å². The van der Waals surface area contributed by atoms with Gasteiger partial charge >= 0.3 is 18.9 Å². The molecule has 0 aliphatic carbocycles. The molecule has 0 aliphatic heterocycles. The topological polar surface area (TPSA) is 54.0 Å². The normalized spacial score (nSPS) is 10.5. The molecule has 0 aromatic heterocycles. The van der Waals surface area contributed by atoms with Gasteiger partial charge in [0.15, 0.2) is 5.52 Å². The van der Waals surface area contributed by atoms with Crippen LogP contribution in [0.25, 0.3) is 0 Å². The maximum atomic E-state index is 12.9. The van der Waals surface area contributed by atoms with Crippen LogP contribution < -0.4 is 24.3 Å². The van der Waals surface area contributed by atoms with E-state index in [9.17, 15) is 4.79 Å². The van der Waals surface area contributed by atoms with Crippen LogP contribution >= 0.6 is 8.58 Å². The number of carbonyl (C=O) groups is 1. The summed E-state index contributed by atoms with van der Waals surface area (Å²) in [5.74, 6) is 2.30. The second-order valence-electron chi connectivity index (χ2n) is 6.29. The van der Waals surface area contributed by atoms with Gasteiger partial charge in [-0.1, -0.05) is 38.3 Å². The zero-order chi connectivity index (χ0) is 20.4. The summed E-state index contributed by atoms with van der Waals surface area (Å²) < 4.78 is 21.8. The van der Waals surface area contributed by atoms with Crippen LogP contribution in [0.1, 0.15) is 43.0 Å². The number of carbonyl (C=O) groups excluding carboxylic acids is 1. The van der Waals surface area contributed by atoms with Gasteiger partial charge in [-0.3, -0.25) is 4.79 Å². The Kier molecular flexibility index (Phi) is 11.8. The molecule has 0 aliphatic rings. The molecule has 0 N–H and O–H groups in total. The van der Waals surface area contributed by atoms with Crippen molar-refractivity contribution in [3.63, 3.8) is 0 Å². The summed E-state index contributed by atoms with van der Waals surface area (Å²) in [6, 6.07) is 11.1. The Labute approximate surface area is 187 Å². The van der Waals surface area contributed by atoms with E-state index < -0.39 is 0 Å². The van der Waals surface area contributed by atoms with Gasteiger partial charge in [0.2, 0.25) is 0 Å². The van der Waals surface area contributed by atoms with Gasteiger partial charge < -0.3 is 18.9 Å². The average Bonchev–Trinajstić information content (AvgIpc) is 2.73. The van der Waals surface area contributed by atoms with Crippen LogP contribution in [0.15, 0.2) is 36.4 Å². The van der Waals surface area contributed by atoms with E-state index in [0.29, 0.717) is 22.8 Å². The summed E-state index contributed by atoms with van der Waals surface area (Å²) >= 11 is 0. The molecule has 154 valence electrons. The van der Waals surface area contributed by atoms with Crippen molar-refractivity contribution in [3.05, 3.63) is 42.0 Å². The van der Waals surface area contributed by atoms with E-state index in [1.807, 2.05) is 24.3 Å². The van der Waals surface area contributed by atoms with E-state index in [0.717, 1.165) is 24.1 Å². The van der Waals surface area contributed by atoms with Crippen LogP contribution in [-0.4, -0.2) is 52.3 Å². The predicted molar refractivity (Wildman–Crippen MR) is 122 cm³/mol. The van der Waals surface area contributed by atoms with Gasteiger partial charge in [-0.05, 0) is 32.4 Å². The number of rotatable bonds is 12. The van der Waals surface area contributed by atoms with Crippen LogP contribution in [0.3, 0.4) is 0 Å². The van der Waals surface area contributed by atoms with E-state index in [1.165, 1.54) is 33.5 Å². The summed E-state index contributed by atoms with van der Waals surface area (Å²) in [6.07, 6.45) is 4.71. The number of hydrogen-bond donors (Lipinski definition) is 0. The molecule has 7 heteroatoms. The molecular formula is C22H30LiO5P. The standard InChI is InChI=1S/C22H29O5P.Li.H/c1-5-6-7-8-13-27-16-9-11-18(12-10-16)28-22(23)21-19(25-3)14-17(24-2)15-20(21)26-4;;/h9-12,14-15,28H,5-8,13H2,1-4H3;;. The van der Waals surface area contributed by atoms with Gasteiger partial charge in [0, 0.05) is 12.1 Å². The zero-order valence-corrected chi connectivity index (χ0v) is 18.0. The maximum absolute atomic E-state index is 12.9. The number of ether oxygens (including phenoxy) is 4. The van der Waals surface area contributed by atoms with E-state index >= 15 is 0 Å². The van der Waals surface area contributed by atoms with Crippen molar-refractivity contribution in [3.8, 4) is 23.0 Å². The van der Waals surface area contributed by atoms with Crippen molar-refractivity contribution < 1.29 is 23.7 Å². The first-order valence-electron chi connectivity index (χ1n) is 9.47. The van der Waals surface area contributed by atoms with Crippen molar-refractivity contribution in [1.29, 1.82) is 0 Å². The molecule has 5 nitrogen and oxygen atoms in total. The van der Waals surface area contributed by atoms with Gasteiger partial charge in [0.1, 0.15) is 28.6 Å². The Morgan fingerprint density at radius 3 is 2.00 bits per heavy atom. The fraction of sp³-hybridized carbons (Fsp3) is 0.409. The Morgan fingerprint density at radius 1 is 0.862 bits per heavy atom. The molecule has 0 saturated carbocycles. The second kappa shape index (κ2) is 13.5. The third-order valence-corrected chi connectivity index (χ3v) is 5.42. The summed E-state index contributed by atoms with van der Waals surface area (Å²) in [6.45, 7) is 2.92. The monoisotopic (exact) mass is 412 g/mol. The summed E-state index contributed by atoms with van der Waals surface area (Å²) in [7, 11) is 4.57. The fourth-order valence-corrected chi connectivity index (χ4v) is 3.74. The molecule has 2 aromatic rings. The van der Waals surface area contributed by atoms with Crippen molar-refractivity contribution in [1.82, 2.24) is 0 Å². The molecule has 1 atom stereocenters. The van der Waals surface area contributed by atoms with Gasteiger partial charge in [-0.2, -0.15) is 0 Å². The molecule has 2 aromatic carbocycles. The molecule has 0 radical (unpaired) electrons. The Hall–Kier alpha value is -1.66. The van der Waals surface area contributed by atoms with Gasteiger partial charge in [0.05, 0.1) is 27.9 Å². The van der Waals surface area contributed by atoms with Crippen LogP contribution in [-0.2, 0) is 0 Å². The van der Waals surface area contributed by atoms with Crippen LogP contribution in [0.2, 0.25) is 0 Å². The van der Waals surface area contributed by atoms with Crippen LogP contribution in [0.4, 0.5) is 0 Å². The van der Waals surface area contributed by atoms with Crippen molar-refractivity contribution in [2.24, 2.45) is 0 Å². The van der Waals surface area contributed by atoms with Crippen molar-refractivity contribution in [2.45, 2.75) is 32.6 Å². The number of hydrogen-bond acceptors (Lipinski definition) is 5. The van der Waals surface area contributed by atoms with Gasteiger partial charge in [-0.15, -0.1) is 0 Å². The van der Waals surface area contributed by atoms with Crippen molar-refractivity contribution >= 4 is 38.3 Å². The molecule has 0 spiro atoms. The number of benzene rings is 2. The Balaban J connectivity index is 0.00000420. The third kappa shape index (κ3) is 7.59. The first-order valence-corrected chi connectivity index (χ1v) is 10.5. The van der Waals surface area contributed by atoms with E-state index in [2.05, 4.69) is 6.92 Å². The van der Waals surface area contributed by atoms with E-state index in [-0.39, 0.29) is 33.0 Å².